The Hall–Kier alpha value is -1.01. The van der Waals surface area contributed by atoms with E-state index in [0.29, 0.717) is 12.4 Å². The molecule has 18 heavy (non-hydrogen) atoms. The summed E-state index contributed by atoms with van der Waals surface area (Å²) in [5.74, 6) is 0.428. The first-order valence-electron chi connectivity index (χ1n) is 6.21. The standard InChI is InChI=1S/C12H19N3O2S/c1-4-10-9-5-6-13-7-11(9)15-12(14-10)8(2)18(3,16)17/h8,13H,4-7H2,1-3H3. The summed E-state index contributed by atoms with van der Waals surface area (Å²) in [6.45, 7) is 5.32. The average molecular weight is 269 g/mol. The molecule has 1 aliphatic rings. The molecule has 1 N–H and O–H groups in total. The monoisotopic (exact) mass is 269 g/mol. The van der Waals surface area contributed by atoms with E-state index in [1.165, 1.54) is 11.8 Å². The van der Waals surface area contributed by atoms with Gasteiger partial charge in [0.15, 0.2) is 9.84 Å². The number of fused-ring (bicyclic) bond motifs is 1. The Balaban J connectivity index is 2.51. The van der Waals surface area contributed by atoms with E-state index in [-0.39, 0.29) is 0 Å². The van der Waals surface area contributed by atoms with Crippen molar-refractivity contribution in [3.63, 3.8) is 0 Å². The Morgan fingerprint density at radius 2 is 2.11 bits per heavy atom. The van der Waals surface area contributed by atoms with Gasteiger partial charge in [-0.15, -0.1) is 0 Å². The van der Waals surface area contributed by atoms with Crippen LogP contribution in [0.2, 0.25) is 0 Å². The van der Waals surface area contributed by atoms with Gasteiger partial charge in [0.25, 0.3) is 0 Å². The highest BCUT2D eigenvalue weighted by Crippen LogP contribution is 2.22. The van der Waals surface area contributed by atoms with Crippen LogP contribution in [-0.2, 0) is 29.2 Å². The maximum atomic E-state index is 11.6. The van der Waals surface area contributed by atoms with Crippen LogP contribution < -0.4 is 5.32 Å². The van der Waals surface area contributed by atoms with Crippen LogP contribution in [0.15, 0.2) is 0 Å². The lowest BCUT2D eigenvalue weighted by molar-refractivity contribution is 0.582. The Morgan fingerprint density at radius 1 is 1.39 bits per heavy atom. The normalized spacial score (nSPS) is 17.3. The highest BCUT2D eigenvalue weighted by atomic mass is 32.2. The molecule has 1 aromatic rings. The molecule has 0 bridgehead atoms. The van der Waals surface area contributed by atoms with Gasteiger partial charge in [-0.3, -0.25) is 0 Å². The molecule has 1 unspecified atom stereocenters. The summed E-state index contributed by atoms with van der Waals surface area (Å²) < 4.78 is 23.2. The molecule has 1 aromatic heterocycles. The first kappa shape index (κ1) is 13.4. The maximum Gasteiger partial charge on any atom is 0.157 e. The van der Waals surface area contributed by atoms with Gasteiger partial charge in [0.1, 0.15) is 11.1 Å². The average Bonchev–Trinajstić information content (AvgIpc) is 2.35. The van der Waals surface area contributed by atoms with Crippen molar-refractivity contribution in [2.75, 3.05) is 12.8 Å². The molecular formula is C12H19N3O2S. The third-order valence-electron chi connectivity index (χ3n) is 3.38. The molecule has 1 aliphatic heterocycles. The van der Waals surface area contributed by atoms with Gasteiger partial charge in [0.05, 0.1) is 5.69 Å². The molecule has 0 saturated carbocycles. The van der Waals surface area contributed by atoms with E-state index < -0.39 is 15.1 Å². The van der Waals surface area contributed by atoms with Gasteiger partial charge >= 0.3 is 0 Å². The Morgan fingerprint density at radius 3 is 2.72 bits per heavy atom. The zero-order valence-corrected chi connectivity index (χ0v) is 11.8. The zero-order valence-electron chi connectivity index (χ0n) is 11.0. The van der Waals surface area contributed by atoms with E-state index in [4.69, 9.17) is 0 Å². The van der Waals surface area contributed by atoms with Crippen molar-refractivity contribution in [3.8, 4) is 0 Å². The van der Waals surface area contributed by atoms with Crippen LogP contribution in [0.3, 0.4) is 0 Å². The Bertz CT molecular complexity index is 537. The smallest absolute Gasteiger partial charge is 0.157 e. The summed E-state index contributed by atoms with van der Waals surface area (Å²) in [7, 11) is -3.15. The van der Waals surface area contributed by atoms with E-state index in [2.05, 4.69) is 15.3 Å². The molecule has 0 amide bonds. The van der Waals surface area contributed by atoms with Crippen LogP contribution in [0.1, 0.15) is 41.9 Å². The fraction of sp³-hybridized carbons (Fsp3) is 0.667. The summed E-state index contributed by atoms with van der Waals surface area (Å²) >= 11 is 0. The number of rotatable bonds is 3. The third-order valence-corrected chi connectivity index (χ3v) is 4.88. The Kier molecular flexibility index (Phi) is 3.68. The molecule has 0 aliphatic carbocycles. The fourth-order valence-corrected chi connectivity index (χ4v) is 2.61. The van der Waals surface area contributed by atoms with E-state index in [0.717, 1.165) is 30.8 Å². The van der Waals surface area contributed by atoms with Gasteiger partial charge in [-0.2, -0.15) is 0 Å². The second-order valence-electron chi connectivity index (χ2n) is 4.71. The number of sulfone groups is 1. The summed E-state index contributed by atoms with van der Waals surface area (Å²) in [4.78, 5) is 8.89. The van der Waals surface area contributed by atoms with Crippen molar-refractivity contribution in [1.29, 1.82) is 0 Å². The molecule has 0 radical (unpaired) electrons. The largest absolute Gasteiger partial charge is 0.311 e. The quantitative estimate of drug-likeness (QED) is 0.878. The van der Waals surface area contributed by atoms with Crippen molar-refractivity contribution in [2.24, 2.45) is 0 Å². The van der Waals surface area contributed by atoms with Crippen molar-refractivity contribution in [3.05, 3.63) is 22.8 Å². The molecule has 0 saturated heterocycles. The van der Waals surface area contributed by atoms with Gasteiger partial charge in [0, 0.05) is 18.5 Å². The van der Waals surface area contributed by atoms with Gasteiger partial charge in [-0.1, -0.05) is 6.92 Å². The number of aromatic nitrogens is 2. The SMILES string of the molecule is CCc1nc(C(C)S(C)(=O)=O)nc2c1CCNC2. The maximum absolute atomic E-state index is 11.6. The van der Waals surface area contributed by atoms with E-state index in [1.807, 2.05) is 6.92 Å². The van der Waals surface area contributed by atoms with Gasteiger partial charge in [0.2, 0.25) is 0 Å². The highest BCUT2D eigenvalue weighted by Gasteiger charge is 2.24. The summed E-state index contributed by atoms with van der Waals surface area (Å²) in [6, 6.07) is 0. The number of hydrogen-bond acceptors (Lipinski definition) is 5. The minimum absolute atomic E-state index is 0.428. The van der Waals surface area contributed by atoms with Crippen molar-refractivity contribution >= 4 is 9.84 Å². The second-order valence-corrected chi connectivity index (χ2v) is 7.07. The number of nitrogens with zero attached hydrogens (tertiary/aromatic N) is 2. The summed E-state index contributed by atoms with van der Waals surface area (Å²) in [5.41, 5.74) is 3.14. The van der Waals surface area contributed by atoms with Gasteiger partial charge < -0.3 is 5.32 Å². The van der Waals surface area contributed by atoms with Crippen LogP contribution >= 0.6 is 0 Å². The number of nitrogens with one attached hydrogen (secondary N) is 1. The lowest BCUT2D eigenvalue weighted by Gasteiger charge is -2.20. The van der Waals surface area contributed by atoms with Crippen LogP contribution in [0.4, 0.5) is 0 Å². The number of aryl methyl sites for hydroxylation is 1. The minimum Gasteiger partial charge on any atom is -0.311 e. The van der Waals surface area contributed by atoms with Crippen molar-refractivity contribution in [1.82, 2.24) is 15.3 Å². The Labute approximate surface area is 108 Å². The fourth-order valence-electron chi connectivity index (χ4n) is 2.12. The minimum atomic E-state index is -3.15. The molecule has 5 nitrogen and oxygen atoms in total. The molecule has 6 heteroatoms. The van der Waals surface area contributed by atoms with Crippen LogP contribution in [-0.4, -0.2) is 31.2 Å². The predicted octanol–water partition coefficient (Wildman–Crippen LogP) is 0.790. The predicted molar refractivity (Wildman–Crippen MR) is 70.1 cm³/mol. The molecule has 100 valence electrons. The molecule has 0 fully saturated rings. The second kappa shape index (κ2) is 4.93. The van der Waals surface area contributed by atoms with E-state index in [9.17, 15) is 8.42 Å². The number of hydrogen-bond donors (Lipinski definition) is 1. The van der Waals surface area contributed by atoms with Crippen LogP contribution in [0, 0.1) is 0 Å². The lowest BCUT2D eigenvalue weighted by Crippen LogP contribution is -2.28. The van der Waals surface area contributed by atoms with Crippen LogP contribution in [0.25, 0.3) is 0 Å². The molecule has 1 atom stereocenters. The lowest BCUT2D eigenvalue weighted by atomic mass is 10.0. The van der Waals surface area contributed by atoms with Crippen LogP contribution in [0.5, 0.6) is 0 Å². The van der Waals surface area contributed by atoms with Gasteiger partial charge in [-0.05, 0) is 31.9 Å². The van der Waals surface area contributed by atoms with Crippen molar-refractivity contribution < 1.29 is 8.42 Å². The highest BCUT2D eigenvalue weighted by molar-refractivity contribution is 7.90. The van der Waals surface area contributed by atoms with Crippen molar-refractivity contribution in [2.45, 2.75) is 38.5 Å². The molecule has 0 spiro atoms. The zero-order chi connectivity index (χ0) is 13.3. The molecular weight excluding hydrogens is 250 g/mol. The molecule has 2 rings (SSSR count). The van der Waals surface area contributed by atoms with Gasteiger partial charge in [-0.25, -0.2) is 18.4 Å². The molecule has 0 aromatic carbocycles. The summed E-state index contributed by atoms with van der Waals surface area (Å²) in [6.07, 6.45) is 2.96. The molecule has 2 heterocycles. The van der Waals surface area contributed by atoms with E-state index >= 15 is 0 Å². The first-order valence-corrected chi connectivity index (χ1v) is 8.17. The summed E-state index contributed by atoms with van der Waals surface area (Å²) in [5, 5.41) is 2.61. The third kappa shape index (κ3) is 2.54. The first-order chi connectivity index (χ1) is 8.43. The van der Waals surface area contributed by atoms with E-state index in [1.54, 1.807) is 6.92 Å². The topological polar surface area (TPSA) is 72.0 Å².